The Bertz CT molecular complexity index is 856. The highest BCUT2D eigenvalue weighted by Crippen LogP contribution is 2.36. The SMILES string of the molecule is Cc1ccc(N(c2ccc([N+]#N)cc2)c2ccc([N+]#N)cc2)cc1. The number of hydrogen-bond donors (Lipinski definition) is 0. The molecule has 0 spiro atoms. The van der Waals surface area contributed by atoms with E-state index in [0.29, 0.717) is 11.4 Å². The Kier molecular flexibility index (Phi) is 4.18. The van der Waals surface area contributed by atoms with Gasteiger partial charge in [-0.3, -0.25) is 0 Å². The quantitative estimate of drug-likeness (QED) is 0.523. The first kappa shape index (κ1) is 15.2. The van der Waals surface area contributed by atoms with Gasteiger partial charge in [0.2, 0.25) is 10.8 Å². The molecule has 3 aromatic carbocycles. The van der Waals surface area contributed by atoms with E-state index in [1.807, 2.05) is 43.3 Å². The van der Waals surface area contributed by atoms with E-state index in [2.05, 4.69) is 27.0 Å². The molecule has 0 fully saturated rings. The molecule has 0 unspecified atom stereocenters. The van der Waals surface area contributed by atoms with Gasteiger partial charge in [0.25, 0.3) is 0 Å². The van der Waals surface area contributed by atoms with Crippen molar-refractivity contribution in [2.24, 2.45) is 0 Å². The van der Waals surface area contributed by atoms with Crippen molar-refractivity contribution in [3.05, 3.63) is 88.3 Å². The van der Waals surface area contributed by atoms with Crippen LogP contribution in [-0.2, 0) is 0 Å². The fourth-order valence-corrected chi connectivity index (χ4v) is 2.48. The smallest absolute Gasteiger partial charge is 0.310 e. The van der Waals surface area contributed by atoms with Crippen LogP contribution in [0.15, 0.2) is 72.8 Å². The minimum absolute atomic E-state index is 0.497. The van der Waals surface area contributed by atoms with Crippen molar-refractivity contribution in [1.82, 2.24) is 0 Å². The number of hydrogen-bond acceptors (Lipinski definition) is 3. The van der Waals surface area contributed by atoms with Gasteiger partial charge in [-0.25, -0.2) is 0 Å². The molecule has 0 amide bonds. The van der Waals surface area contributed by atoms with Gasteiger partial charge in [0.1, 0.15) is 0 Å². The van der Waals surface area contributed by atoms with Crippen LogP contribution in [0.4, 0.5) is 28.4 Å². The summed E-state index contributed by atoms with van der Waals surface area (Å²) in [5.41, 5.74) is 5.04. The summed E-state index contributed by atoms with van der Waals surface area (Å²) >= 11 is 0. The van der Waals surface area contributed by atoms with E-state index in [9.17, 15) is 0 Å². The topological polar surface area (TPSA) is 59.5 Å². The van der Waals surface area contributed by atoms with Crippen LogP contribution in [0.25, 0.3) is 9.95 Å². The molecule has 3 rings (SSSR count). The number of rotatable bonds is 3. The molecule has 3 aromatic rings. The number of diazo groups is 2. The van der Waals surface area contributed by atoms with E-state index in [4.69, 9.17) is 10.8 Å². The van der Waals surface area contributed by atoms with Crippen molar-refractivity contribution >= 4 is 28.4 Å². The molecular weight excluding hydrogens is 298 g/mol. The highest BCUT2D eigenvalue weighted by atomic mass is 15.1. The maximum Gasteiger partial charge on any atom is 0.385 e. The fourth-order valence-electron chi connectivity index (χ4n) is 2.48. The largest absolute Gasteiger partial charge is 0.385 e. The Morgan fingerprint density at radius 2 is 0.917 bits per heavy atom. The van der Waals surface area contributed by atoms with E-state index in [0.717, 1.165) is 17.1 Å². The second kappa shape index (κ2) is 6.60. The van der Waals surface area contributed by atoms with Gasteiger partial charge < -0.3 is 4.90 Å². The number of nitrogens with zero attached hydrogens (tertiary/aromatic N) is 5. The maximum absolute atomic E-state index is 8.87. The van der Waals surface area contributed by atoms with E-state index >= 15 is 0 Å². The molecule has 114 valence electrons. The second-order valence-electron chi connectivity index (χ2n) is 5.40. The Balaban J connectivity index is 2.10. The normalized spacial score (nSPS) is 9.79. The molecule has 0 radical (unpaired) electrons. The van der Waals surface area contributed by atoms with Crippen LogP contribution in [0.1, 0.15) is 5.56 Å². The first-order chi connectivity index (χ1) is 11.7. The van der Waals surface area contributed by atoms with E-state index in [1.165, 1.54) is 5.56 Å². The summed E-state index contributed by atoms with van der Waals surface area (Å²) in [5, 5.41) is 17.7. The lowest BCUT2D eigenvalue weighted by Gasteiger charge is -2.25. The average Bonchev–Trinajstić information content (AvgIpc) is 2.64. The minimum Gasteiger partial charge on any atom is -0.310 e. The Morgan fingerprint density at radius 1 is 0.583 bits per heavy atom. The minimum atomic E-state index is 0.497. The van der Waals surface area contributed by atoms with Crippen LogP contribution in [0.3, 0.4) is 0 Å². The first-order valence-corrected chi connectivity index (χ1v) is 7.48. The molecule has 0 aliphatic carbocycles. The van der Waals surface area contributed by atoms with Crippen molar-refractivity contribution in [2.45, 2.75) is 6.92 Å². The van der Waals surface area contributed by atoms with Crippen LogP contribution in [0, 0.1) is 17.7 Å². The van der Waals surface area contributed by atoms with Gasteiger partial charge in [-0.15, -0.1) is 0 Å². The van der Waals surface area contributed by atoms with Gasteiger partial charge in [0.15, 0.2) is 9.95 Å². The summed E-state index contributed by atoms with van der Waals surface area (Å²) in [7, 11) is 0. The van der Waals surface area contributed by atoms with Gasteiger partial charge >= 0.3 is 11.4 Å². The summed E-state index contributed by atoms with van der Waals surface area (Å²) in [5.74, 6) is 0. The molecule has 5 nitrogen and oxygen atoms in total. The van der Waals surface area contributed by atoms with Gasteiger partial charge in [-0.05, 0) is 43.3 Å². The fraction of sp³-hybridized carbons (Fsp3) is 0.0526. The zero-order valence-electron chi connectivity index (χ0n) is 13.2. The molecule has 0 heterocycles. The lowest BCUT2D eigenvalue weighted by molar-refractivity contribution is 1.27. The Labute approximate surface area is 140 Å². The average molecular weight is 313 g/mol. The lowest BCUT2D eigenvalue weighted by Crippen LogP contribution is -2.09. The molecule has 0 aliphatic heterocycles. The maximum atomic E-state index is 8.87. The highest BCUT2D eigenvalue weighted by Gasteiger charge is 2.15. The van der Waals surface area contributed by atoms with Crippen LogP contribution in [-0.4, -0.2) is 0 Å². The zero-order chi connectivity index (χ0) is 16.9. The summed E-state index contributed by atoms with van der Waals surface area (Å²) in [4.78, 5) is 8.46. The predicted octanol–water partition coefficient (Wildman–Crippen LogP) is 6.43. The third kappa shape index (κ3) is 3.06. The molecule has 0 bridgehead atoms. The van der Waals surface area contributed by atoms with Crippen LogP contribution in [0.2, 0.25) is 0 Å². The highest BCUT2D eigenvalue weighted by molar-refractivity contribution is 5.78. The first-order valence-electron chi connectivity index (χ1n) is 7.48. The van der Waals surface area contributed by atoms with Crippen LogP contribution >= 0.6 is 0 Å². The summed E-state index contributed by atoms with van der Waals surface area (Å²) < 4.78 is 0. The lowest BCUT2D eigenvalue weighted by atomic mass is 10.1. The summed E-state index contributed by atoms with van der Waals surface area (Å²) in [6.07, 6.45) is 0. The molecule has 0 saturated carbocycles. The molecule has 0 aromatic heterocycles. The van der Waals surface area contributed by atoms with Crippen LogP contribution in [0.5, 0.6) is 0 Å². The monoisotopic (exact) mass is 313 g/mol. The molecule has 0 N–H and O–H groups in total. The zero-order valence-corrected chi connectivity index (χ0v) is 13.2. The summed E-state index contributed by atoms with van der Waals surface area (Å²) in [6, 6.07) is 22.7. The Hall–Kier alpha value is -3.70. The van der Waals surface area contributed by atoms with Gasteiger partial charge in [-0.2, -0.15) is 0 Å². The molecule has 0 saturated heterocycles. The standard InChI is InChI=1S/C19H15N5/c1-14-2-8-17(9-3-14)24(18-10-4-15(22-20)5-11-18)19-12-6-16(23-21)7-13-19/h2-13H,1H3/q+2. The number of anilines is 3. The van der Waals surface area contributed by atoms with Crippen molar-refractivity contribution in [1.29, 1.82) is 10.8 Å². The van der Waals surface area contributed by atoms with E-state index in [1.54, 1.807) is 24.3 Å². The second-order valence-corrected chi connectivity index (χ2v) is 5.40. The van der Waals surface area contributed by atoms with Crippen molar-refractivity contribution < 1.29 is 0 Å². The Morgan fingerprint density at radius 3 is 1.25 bits per heavy atom. The number of benzene rings is 3. The van der Waals surface area contributed by atoms with E-state index in [-0.39, 0.29) is 0 Å². The van der Waals surface area contributed by atoms with Crippen molar-refractivity contribution in [2.75, 3.05) is 4.90 Å². The molecule has 0 aliphatic rings. The van der Waals surface area contributed by atoms with Crippen molar-refractivity contribution in [3.8, 4) is 0 Å². The molecule has 0 atom stereocenters. The van der Waals surface area contributed by atoms with Gasteiger partial charge in [-0.1, -0.05) is 17.7 Å². The predicted molar refractivity (Wildman–Crippen MR) is 95.4 cm³/mol. The summed E-state index contributed by atoms with van der Waals surface area (Å²) in [6.45, 7) is 2.04. The number of aryl methyl sites for hydroxylation is 1. The molecule has 24 heavy (non-hydrogen) atoms. The van der Waals surface area contributed by atoms with Crippen molar-refractivity contribution in [3.63, 3.8) is 0 Å². The van der Waals surface area contributed by atoms with Gasteiger partial charge in [0.05, 0.1) is 0 Å². The molecule has 5 heteroatoms. The third-order valence-electron chi connectivity index (χ3n) is 3.74. The van der Waals surface area contributed by atoms with Crippen LogP contribution < -0.4 is 4.90 Å². The third-order valence-corrected chi connectivity index (χ3v) is 3.74. The molecular formula is C19H15N5+2. The van der Waals surface area contributed by atoms with Gasteiger partial charge in [0, 0.05) is 41.3 Å². The van der Waals surface area contributed by atoms with E-state index < -0.39 is 0 Å².